The first-order valence-electron chi connectivity index (χ1n) is 10.4. The molecule has 0 radical (unpaired) electrons. The van der Waals surface area contributed by atoms with Crippen molar-refractivity contribution in [3.8, 4) is 0 Å². The van der Waals surface area contributed by atoms with Crippen LogP contribution in [0.4, 0.5) is 5.69 Å². The van der Waals surface area contributed by atoms with Gasteiger partial charge in [-0.05, 0) is 38.0 Å². The van der Waals surface area contributed by atoms with Gasteiger partial charge in [-0.15, -0.1) is 0 Å². The van der Waals surface area contributed by atoms with Crippen LogP contribution in [0.3, 0.4) is 0 Å². The zero-order valence-electron chi connectivity index (χ0n) is 18.8. The van der Waals surface area contributed by atoms with Crippen LogP contribution in [-0.2, 0) is 26.2 Å². The minimum atomic E-state index is -3.81. The summed E-state index contributed by atoms with van der Waals surface area (Å²) in [6, 6.07) is 13.3. The average Bonchev–Trinajstić information content (AvgIpc) is 2.74. The Balaban J connectivity index is 2.37. The number of hydrogen-bond donors (Lipinski definition) is 1. The Bertz CT molecular complexity index is 1040. The van der Waals surface area contributed by atoms with Crippen LogP contribution in [0, 0.1) is 6.92 Å². The Hall–Kier alpha value is -2.58. The van der Waals surface area contributed by atoms with Crippen LogP contribution in [0.1, 0.15) is 31.4 Å². The van der Waals surface area contributed by atoms with Crippen molar-refractivity contribution in [2.45, 2.75) is 39.8 Å². The molecule has 0 aliphatic rings. The van der Waals surface area contributed by atoms with Gasteiger partial charge in [-0.3, -0.25) is 13.9 Å². The van der Waals surface area contributed by atoms with Gasteiger partial charge in [0, 0.05) is 13.1 Å². The van der Waals surface area contributed by atoms with Crippen molar-refractivity contribution in [2.75, 3.05) is 23.7 Å². The van der Waals surface area contributed by atoms with Gasteiger partial charge in [0.15, 0.2) is 0 Å². The topological polar surface area (TPSA) is 86.8 Å². The lowest BCUT2D eigenvalue weighted by Crippen LogP contribution is -2.51. The molecule has 1 N–H and O–H groups in total. The van der Waals surface area contributed by atoms with Crippen LogP contribution in [0.15, 0.2) is 48.5 Å². The maximum absolute atomic E-state index is 13.4. The zero-order valence-corrected chi connectivity index (χ0v) is 20.4. The number of sulfonamides is 1. The molecular weight excluding hydrogens is 450 g/mol. The van der Waals surface area contributed by atoms with Crippen LogP contribution in [0.25, 0.3) is 0 Å². The molecule has 7 nitrogen and oxygen atoms in total. The molecule has 32 heavy (non-hydrogen) atoms. The Morgan fingerprint density at radius 1 is 1.09 bits per heavy atom. The summed E-state index contributed by atoms with van der Waals surface area (Å²) in [5.41, 5.74) is 2.12. The van der Waals surface area contributed by atoms with E-state index in [2.05, 4.69) is 5.32 Å². The second-order valence-electron chi connectivity index (χ2n) is 7.70. The largest absolute Gasteiger partial charge is 0.354 e. The van der Waals surface area contributed by atoms with E-state index in [1.807, 2.05) is 38.1 Å². The summed E-state index contributed by atoms with van der Waals surface area (Å²) in [6.45, 7) is 5.72. The minimum Gasteiger partial charge on any atom is -0.354 e. The molecule has 0 fully saturated rings. The molecule has 9 heteroatoms. The average molecular weight is 480 g/mol. The highest BCUT2D eigenvalue weighted by molar-refractivity contribution is 7.92. The van der Waals surface area contributed by atoms with E-state index in [4.69, 9.17) is 11.6 Å². The lowest BCUT2D eigenvalue weighted by atomic mass is 10.1. The highest BCUT2D eigenvalue weighted by atomic mass is 35.5. The molecule has 0 bridgehead atoms. The molecular formula is C23H30ClN3O4S. The van der Waals surface area contributed by atoms with Gasteiger partial charge in [0.05, 0.1) is 17.0 Å². The first-order chi connectivity index (χ1) is 15.0. The van der Waals surface area contributed by atoms with E-state index in [9.17, 15) is 18.0 Å². The van der Waals surface area contributed by atoms with Crippen molar-refractivity contribution in [3.63, 3.8) is 0 Å². The third kappa shape index (κ3) is 6.97. The molecule has 1 atom stereocenters. The number of nitrogens with one attached hydrogen (secondary N) is 1. The van der Waals surface area contributed by atoms with Gasteiger partial charge in [-0.25, -0.2) is 8.42 Å². The Morgan fingerprint density at radius 3 is 2.28 bits per heavy atom. The van der Waals surface area contributed by atoms with Crippen molar-refractivity contribution in [2.24, 2.45) is 0 Å². The van der Waals surface area contributed by atoms with Gasteiger partial charge < -0.3 is 10.2 Å². The van der Waals surface area contributed by atoms with Gasteiger partial charge in [-0.2, -0.15) is 0 Å². The maximum atomic E-state index is 13.4. The molecule has 2 aromatic rings. The molecule has 0 heterocycles. The number of nitrogens with zero attached hydrogens (tertiary/aromatic N) is 2. The first kappa shape index (κ1) is 25.7. The predicted molar refractivity (Wildman–Crippen MR) is 128 cm³/mol. The smallest absolute Gasteiger partial charge is 0.244 e. The van der Waals surface area contributed by atoms with Crippen LogP contribution >= 0.6 is 11.6 Å². The van der Waals surface area contributed by atoms with Crippen LogP contribution in [0.5, 0.6) is 0 Å². The standard InChI is InChI=1S/C23H30ClN3O4S/c1-5-14-25-23(29)18(3)26(15-19-12-10-17(2)11-13-19)22(28)16-27(32(4,30)31)21-9-7-6-8-20(21)24/h6-13,18H,5,14-16H2,1-4H3,(H,25,29). The number of anilines is 1. The fourth-order valence-corrected chi connectivity index (χ4v) is 4.27. The summed E-state index contributed by atoms with van der Waals surface area (Å²) in [6.07, 6.45) is 1.78. The summed E-state index contributed by atoms with van der Waals surface area (Å²) < 4.78 is 26.0. The number of para-hydroxylation sites is 1. The third-order valence-corrected chi connectivity index (χ3v) is 6.44. The Labute approximate surface area is 195 Å². The van der Waals surface area contributed by atoms with E-state index in [0.29, 0.717) is 6.54 Å². The van der Waals surface area contributed by atoms with E-state index < -0.39 is 28.5 Å². The van der Waals surface area contributed by atoms with E-state index in [1.165, 1.54) is 4.90 Å². The molecule has 0 aliphatic heterocycles. The van der Waals surface area contributed by atoms with Gasteiger partial charge in [0.1, 0.15) is 12.6 Å². The van der Waals surface area contributed by atoms with E-state index in [-0.39, 0.29) is 23.2 Å². The summed E-state index contributed by atoms with van der Waals surface area (Å²) >= 11 is 6.21. The van der Waals surface area contributed by atoms with Gasteiger partial charge >= 0.3 is 0 Å². The van der Waals surface area contributed by atoms with E-state index in [1.54, 1.807) is 31.2 Å². The van der Waals surface area contributed by atoms with Crippen LogP contribution in [-0.4, -0.2) is 50.5 Å². The van der Waals surface area contributed by atoms with E-state index >= 15 is 0 Å². The second-order valence-corrected chi connectivity index (χ2v) is 10.0. The number of amides is 2. The van der Waals surface area contributed by atoms with Crippen molar-refractivity contribution >= 4 is 39.1 Å². The van der Waals surface area contributed by atoms with Crippen molar-refractivity contribution < 1.29 is 18.0 Å². The fraction of sp³-hybridized carbons (Fsp3) is 0.391. The SMILES string of the molecule is CCCNC(=O)C(C)N(Cc1ccc(C)cc1)C(=O)CN(c1ccccc1Cl)S(C)(=O)=O. The summed E-state index contributed by atoms with van der Waals surface area (Å²) in [7, 11) is -3.81. The normalized spacial score (nSPS) is 12.2. The minimum absolute atomic E-state index is 0.167. The zero-order chi connectivity index (χ0) is 23.9. The number of carbonyl (C=O) groups is 2. The lowest BCUT2D eigenvalue weighted by molar-refractivity contribution is -0.139. The maximum Gasteiger partial charge on any atom is 0.244 e. The monoisotopic (exact) mass is 479 g/mol. The first-order valence-corrected chi connectivity index (χ1v) is 12.6. The van der Waals surface area contributed by atoms with Crippen molar-refractivity contribution in [1.82, 2.24) is 10.2 Å². The van der Waals surface area contributed by atoms with Crippen LogP contribution in [0.2, 0.25) is 5.02 Å². The molecule has 0 spiro atoms. The molecule has 0 aromatic heterocycles. The second kappa shape index (κ2) is 11.3. The van der Waals surface area contributed by atoms with Crippen LogP contribution < -0.4 is 9.62 Å². The Morgan fingerprint density at radius 2 is 1.72 bits per heavy atom. The fourth-order valence-electron chi connectivity index (χ4n) is 3.12. The number of hydrogen-bond acceptors (Lipinski definition) is 4. The molecule has 2 amide bonds. The molecule has 0 saturated carbocycles. The quantitative estimate of drug-likeness (QED) is 0.566. The number of rotatable bonds is 10. The van der Waals surface area contributed by atoms with Gasteiger partial charge in [0.2, 0.25) is 21.8 Å². The van der Waals surface area contributed by atoms with Crippen molar-refractivity contribution in [3.05, 3.63) is 64.7 Å². The molecule has 2 rings (SSSR count). The summed E-state index contributed by atoms with van der Waals surface area (Å²) in [5.74, 6) is -0.800. The van der Waals surface area contributed by atoms with Gasteiger partial charge in [-0.1, -0.05) is 60.5 Å². The number of benzene rings is 2. The number of aryl methyl sites for hydroxylation is 1. The summed E-state index contributed by atoms with van der Waals surface area (Å²) in [4.78, 5) is 27.4. The highest BCUT2D eigenvalue weighted by Gasteiger charge is 2.30. The molecule has 0 saturated heterocycles. The molecule has 0 aliphatic carbocycles. The summed E-state index contributed by atoms with van der Waals surface area (Å²) in [5, 5.41) is 3.01. The molecule has 1 unspecified atom stereocenters. The number of carbonyl (C=O) groups excluding carboxylic acids is 2. The van der Waals surface area contributed by atoms with Gasteiger partial charge in [0.25, 0.3) is 0 Å². The number of halogens is 1. The predicted octanol–water partition coefficient (Wildman–Crippen LogP) is 3.36. The van der Waals surface area contributed by atoms with E-state index in [0.717, 1.165) is 28.1 Å². The van der Waals surface area contributed by atoms with Crippen molar-refractivity contribution in [1.29, 1.82) is 0 Å². The molecule has 2 aromatic carbocycles. The third-order valence-electron chi connectivity index (χ3n) is 4.99. The Kier molecular flexibility index (Phi) is 9.09. The molecule has 174 valence electrons. The lowest BCUT2D eigenvalue weighted by Gasteiger charge is -2.31. The highest BCUT2D eigenvalue weighted by Crippen LogP contribution is 2.27.